The van der Waals surface area contributed by atoms with E-state index in [2.05, 4.69) is 68.0 Å². The Kier molecular flexibility index (Phi) is 18.9. The summed E-state index contributed by atoms with van der Waals surface area (Å²) in [4.78, 5) is 47.6. The number of ether oxygens (including phenoxy) is 4. The number of nitrogens with zero attached hydrogens (tertiary/aromatic N) is 4. The Morgan fingerprint density at radius 3 is 1.87 bits per heavy atom. The molecule has 2 aliphatic heterocycles. The third-order valence-corrected chi connectivity index (χ3v) is 16.9. The maximum atomic E-state index is 15.6. The van der Waals surface area contributed by atoms with Crippen LogP contribution in [0.15, 0.2) is 127 Å². The number of rotatable bonds is 23. The SMILES string of the molecule is COc1ccc(C(OC[C@@H]2C[C@@H](OP(OCCC#N)N(C(C)C)C(C)C)CN2C(=O)[C@H](CC(C)C)NC(=O)[C@@H]2CCCN2C(=O)OCC2c3ccccc3-c3ccccc32)(c2ccccc2)c2ccc(OC)cc2)cc1. The van der Waals surface area contributed by atoms with Crippen LogP contribution in [0.3, 0.4) is 0 Å². The van der Waals surface area contributed by atoms with Crippen molar-refractivity contribution in [3.8, 4) is 28.7 Å². The van der Waals surface area contributed by atoms with Gasteiger partial charge in [-0.3, -0.25) is 14.5 Å². The van der Waals surface area contributed by atoms with Crippen LogP contribution in [0.5, 0.6) is 11.5 Å². The van der Waals surface area contributed by atoms with Crippen LogP contribution < -0.4 is 14.8 Å². The second-order valence-electron chi connectivity index (χ2n) is 20.8. The average Bonchev–Trinajstić information content (AvgIpc) is 4.23. The van der Waals surface area contributed by atoms with Crippen molar-refractivity contribution in [1.82, 2.24) is 19.8 Å². The number of fused-ring (bicyclic) bond motifs is 3. The van der Waals surface area contributed by atoms with Crippen LogP contribution in [0.4, 0.5) is 4.79 Å². The average molecular weight is 1050 g/mol. The Morgan fingerprint density at radius 2 is 1.32 bits per heavy atom. The van der Waals surface area contributed by atoms with Crippen molar-refractivity contribution in [1.29, 1.82) is 5.26 Å². The van der Waals surface area contributed by atoms with E-state index in [1.54, 1.807) is 14.2 Å². The van der Waals surface area contributed by atoms with Gasteiger partial charge in [-0.2, -0.15) is 5.26 Å². The Bertz CT molecular complexity index is 2670. The van der Waals surface area contributed by atoms with Gasteiger partial charge in [-0.05, 0) is 123 Å². The van der Waals surface area contributed by atoms with Crippen molar-refractivity contribution in [2.45, 2.75) is 121 Å². The predicted octanol–water partition coefficient (Wildman–Crippen LogP) is 11.2. The maximum Gasteiger partial charge on any atom is 0.410 e. The van der Waals surface area contributed by atoms with E-state index in [0.29, 0.717) is 43.7 Å². The minimum absolute atomic E-state index is 0.0169. The van der Waals surface area contributed by atoms with Gasteiger partial charge in [-0.15, -0.1) is 0 Å². The number of benzene rings is 5. The Labute approximate surface area is 450 Å². The van der Waals surface area contributed by atoms with Crippen LogP contribution in [0.25, 0.3) is 11.1 Å². The minimum atomic E-state index is -1.67. The first-order valence-corrected chi connectivity index (χ1v) is 27.9. The molecule has 14 nitrogen and oxygen atoms in total. The molecule has 5 atom stereocenters. The standard InChI is InChI=1S/C61H74N5O9P/c1-41(2)36-56(63-58(67)57-24-16-34-64(57)60(69)72-40-55-53-22-14-12-20-51(53)52-21-13-15-23-54(52)55)59(68)65-38-50(75-76(74-35-17-33-62)66(42(3)4)43(5)6)37-47(65)39-73-61(44-18-10-9-11-19-44,45-25-29-48(70-7)30-26-45)46-27-31-49(71-8)32-28-46/h9-15,18-23,25-32,41-43,47,50,55-57H,16-17,24,34-40H2,1-8H3,(H,63,67)/t47-,50+,56-,57-,76?/m0/s1. The van der Waals surface area contributed by atoms with Crippen LogP contribution >= 0.6 is 8.53 Å². The molecule has 76 heavy (non-hydrogen) atoms. The van der Waals surface area contributed by atoms with Gasteiger partial charge in [-0.1, -0.05) is 117 Å². The third-order valence-electron chi connectivity index (χ3n) is 14.7. The molecule has 8 rings (SSSR count). The van der Waals surface area contributed by atoms with Crippen molar-refractivity contribution in [2.75, 3.05) is 47.1 Å². The van der Waals surface area contributed by atoms with Gasteiger partial charge >= 0.3 is 6.09 Å². The Morgan fingerprint density at radius 1 is 0.750 bits per heavy atom. The molecule has 3 amide bonds. The molecule has 0 aromatic heterocycles. The van der Waals surface area contributed by atoms with Gasteiger partial charge in [0, 0.05) is 31.1 Å². The lowest BCUT2D eigenvalue weighted by Crippen LogP contribution is -2.55. The number of likely N-dealkylation sites (tertiary alicyclic amines) is 2. The van der Waals surface area contributed by atoms with E-state index in [1.165, 1.54) is 4.90 Å². The first-order valence-electron chi connectivity index (χ1n) is 26.7. The summed E-state index contributed by atoms with van der Waals surface area (Å²) in [6.45, 7) is 13.4. The van der Waals surface area contributed by atoms with Gasteiger partial charge in [0.15, 0.2) is 0 Å². The number of nitriles is 1. The number of hydrogen-bond acceptors (Lipinski definition) is 11. The van der Waals surface area contributed by atoms with Gasteiger partial charge in [0.05, 0.1) is 52.1 Å². The Hall–Kier alpha value is -6.33. The van der Waals surface area contributed by atoms with Crippen molar-refractivity contribution in [3.63, 3.8) is 0 Å². The number of amides is 3. The molecule has 15 heteroatoms. The summed E-state index contributed by atoms with van der Waals surface area (Å²) in [5.41, 5.74) is 5.85. The predicted molar refractivity (Wildman–Crippen MR) is 295 cm³/mol. The number of methoxy groups -OCH3 is 2. The highest BCUT2D eigenvalue weighted by Crippen LogP contribution is 2.50. The fraction of sp³-hybridized carbons (Fsp3) is 0.443. The van der Waals surface area contributed by atoms with Gasteiger partial charge in [-0.25, -0.2) is 9.46 Å². The molecule has 0 saturated carbocycles. The Balaban J connectivity index is 1.09. The first kappa shape index (κ1) is 55.9. The summed E-state index contributed by atoms with van der Waals surface area (Å²) in [5.74, 6) is 0.598. The second-order valence-corrected chi connectivity index (χ2v) is 22.2. The lowest BCUT2D eigenvalue weighted by molar-refractivity contribution is -0.140. The second kappa shape index (κ2) is 25.7. The van der Waals surface area contributed by atoms with E-state index < -0.39 is 50.4 Å². The van der Waals surface area contributed by atoms with Crippen LogP contribution in [0, 0.1) is 17.2 Å². The summed E-state index contributed by atoms with van der Waals surface area (Å²) in [7, 11) is 1.60. The molecule has 2 fully saturated rings. The number of nitrogens with one attached hydrogen (secondary N) is 1. The molecular formula is C61H74N5O9P. The van der Waals surface area contributed by atoms with Crippen molar-refractivity contribution < 1.29 is 42.4 Å². The zero-order chi connectivity index (χ0) is 53.9. The van der Waals surface area contributed by atoms with E-state index in [4.69, 9.17) is 28.0 Å². The van der Waals surface area contributed by atoms with E-state index in [9.17, 15) is 14.9 Å². The summed E-state index contributed by atoms with van der Waals surface area (Å²) < 4.78 is 40.3. The maximum absolute atomic E-state index is 15.6. The van der Waals surface area contributed by atoms with Crippen molar-refractivity contribution >= 4 is 26.4 Å². The highest BCUT2D eigenvalue weighted by atomic mass is 31.2. The smallest absolute Gasteiger partial charge is 0.410 e. The molecular weight excluding hydrogens is 978 g/mol. The number of carbonyl (C=O) groups excluding carboxylic acids is 3. The van der Waals surface area contributed by atoms with Gasteiger partial charge in [0.1, 0.15) is 35.8 Å². The van der Waals surface area contributed by atoms with E-state index in [-0.39, 0.29) is 62.6 Å². The molecule has 1 aliphatic carbocycles. The number of carbonyl (C=O) groups is 3. The quantitative estimate of drug-likeness (QED) is 0.0378. The molecule has 402 valence electrons. The fourth-order valence-electron chi connectivity index (χ4n) is 11.2. The molecule has 0 radical (unpaired) electrons. The molecule has 0 bridgehead atoms. The fourth-order valence-corrected chi connectivity index (χ4v) is 12.9. The first-order chi connectivity index (χ1) is 36.8. The van der Waals surface area contributed by atoms with Gasteiger partial charge < -0.3 is 38.2 Å². The van der Waals surface area contributed by atoms with Crippen LogP contribution in [0.2, 0.25) is 0 Å². The van der Waals surface area contributed by atoms with E-state index in [1.807, 2.05) is 122 Å². The zero-order valence-electron chi connectivity index (χ0n) is 45.2. The summed E-state index contributed by atoms with van der Waals surface area (Å²) in [5, 5.41) is 12.6. The summed E-state index contributed by atoms with van der Waals surface area (Å²) in [6.07, 6.45) is 0.952. The monoisotopic (exact) mass is 1050 g/mol. The topological polar surface area (TPSA) is 152 Å². The number of hydrogen-bond donors (Lipinski definition) is 1. The highest BCUT2D eigenvalue weighted by Gasteiger charge is 2.46. The van der Waals surface area contributed by atoms with Crippen molar-refractivity contribution in [2.24, 2.45) is 5.92 Å². The zero-order valence-corrected chi connectivity index (χ0v) is 46.1. The van der Waals surface area contributed by atoms with Crippen LogP contribution in [-0.4, -0.2) is 116 Å². The van der Waals surface area contributed by atoms with E-state index >= 15 is 4.79 Å². The van der Waals surface area contributed by atoms with Gasteiger partial charge in [0.25, 0.3) is 8.53 Å². The summed E-state index contributed by atoms with van der Waals surface area (Å²) in [6, 6.07) is 42.1. The third kappa shape index (κ3) is 12.4. The molecule has 5 aromatic rings. The molecule has 5 aromatic carbocycles. The molecule has 1 N–H and O–H groups in total. The molecule has 2 saturated heterocycles. The van der Waals surface area contributed by atoms with Crippen molar-refractivity contribution in [3.05, 3.63) is 155 Å². The highest BCUT2D eigenvalue weighted by molar-refractivity contribution is 7.44. The van der Waals surface area contributed by atoms with Crippen LogP contribution in [0.1, 0.15) is 107 Å². The van der Waals surface area contributed by atoms with Crippen LogP contribution in [-0.2, 0) is 33.7 Å². The normalized spacial score (nSPS) is 18.2. The molecule has 0 spiro atoms. The minimum Gasteiger partial charge on any atom is -0.497 e. The lowest BCUT2D eigenvalue weighted by atomic mass is 9.80. The largest absolute Gasteiger partial charge is 0.497 e. The summed E-state index contributed by atoms with van der Waals surface area (Å²) >= 11 is 0. The lowest BCUT2D eigenvalue weighted by Gasteiger charge is -2.38. The van der Waals surface area contributed by atoms with E-state index in [0.717, 1.165) is 38.9 Å². The molecule has 3 aliphatic rings. The molecule has 2 heterocycles. The molecule has 1 unspecified atom stereocenters. The van der Waals surface area contributed by atoms with Gasteiger partial charge in [0.2, 0.25) is 11.8 Å².